The molecule has 17 heavy (non-hydrogen) atoms. The molecular formula is C13H15Br2FO. The van der Waals surface area contributed by atoms with Crippen LogP contribution in [0.15, 0.2) is 22.7 Å². The lowest BCUT2D eigenvalue weighted by molar-refractivity contribution is -0.0133. The Morgan fingerprint density at radius 1 is 1.47 bits per heavy atom. The van der Waals surface area contributed by atoms with Crippen LogP contribution in [0.25, 0.3) is 0 Å². The number of rotatable bonds is 2. The zero-order chi connectivity index (χ0) is 12.4. The number of ether oxygens (including phenoxy) is 1. The van der Waals surface area contributed by atoms with Gasteiger partial charge in [-0.1, -0.05) is 35.3 Å². The average molecular weight is 366 g/mol. The van der Waals surface area contributed by atoms with E-state index in [4.69, 9.17) is 4.74 Å². The van der Waals surface area contributed by atoms with Crippen molar-refractivity contribution in [1.82, 2.24) is 0 Å². The summed E-state index contributed by atoms with van der Waals surface area (Å²) in [6.45, 7) is 2.91. The first-order valence-corrected chi connectivity index (χ1v) is 7.53. The van der Waals surface area contributed by atoms with Gasteiger partial charge in [0.05, 0.1) is 17.2 Å². The van der Waals surface area contributed by atoms with E-state index in [9.17, 15) is 4.39 Å². The molecule has 0 spiro atoms. The normalized spacial score (nSPS) is 29.3. The molecule has 0 saturated carbocycles. The van der Waals surface area contributed by atoms with Gasteiger partial charge in [0, 0.05) is 4.83 Å². The summed E-state index contributed by atoms with van der Waals surface area (Å²) < 4.78 is 19.8. The van der Waals surface area contributed by atoms with Crippen LogP contribution >= 0.6 is 31.9 Å². The summed E-state index contributed by atoms with van der Waals surface area (Å²) in [5.74, 6) is 0.335. The van der Waals surface area contributed by atoms with Gasteiger partial charge in [-0.05, 0) is 46.0 Å². The molecule has 0 unspecified atom stereocenters. The monoisotopic (exact) mass is 364 g/mol. The van der Waals surface area contributed by atoms with E-state index in [1.165, 1.54) is 0 Å². The van der Waals surface area contributed by atoms with Crippen molar-refractivity contribution in [2.45, 2.75) is 30.7 Å². The maximum atomic E-state index is 13.5. The minimum absolute atomic E-state index is 0.00442. The van der Waals surface area contributed by atoms with Crippen LogP contribution in [0.2, 0.25) is 0 Å². The summed E-state index contributed by atoms with van der Waals surface area (Å²) in [6.07, 6.45) is 2.02. The molecule has 1 heterocycles. The van der Waals surface area contributed by atoms with Gasteiger partial charge in [0.1, 0.15) is 5.82 Å². The first-order valence-electron chi connectivity index (χ1n) is 5.82. The van der Waals surface area contributed by atoms with E-state index < -0.39 is 0 Å². The lowest BCUT2D eigenvalue weighted by Gasteiger charge is -2.33. The molecule has 4 heteroatoms. The van der Waals surface area contributed by atoms with Crippen LogP contribution in [0.3, 0.4) is 0 Å². The van der Waals surface area contributed by atoms with Gasteiger partial charge in [-0.2, -0.15) is 0 Å². The Kier molecular flexibility index (Phi) is 4.61. The predicted octanol–water partition coefficient (Wildman–Crippen LogP) is 4.84. The standard InChI is InChI=1S/C13H15Br2FO/c1-2-8-7-17-13(6-11(8)15)9-3-4-10(14)12(16)5-9/h3-5,8,11,13H,2,6-7H2,1H3/t8-,11-,13+/m1/s1. The summed E-state index contributed by atoms with van der Waals surface area (Å²) >= 11 is 6.86. The Hall–Kier alpha value is 0.0700. The number of hydrogen-bond donors (Lipinski definition) is 0. The lowest BCUT2D eigenvalue weighted by Crippen LogP contribution is -2.29. The second kappa shape index (κ2) is 5.81. The summed E-state index contributed by atoms with van der Waals surface area (Å²) in [7, 11) is 0. The number of benzene rings is 1. The first-order chi connectivity index (χ1) is 8.11. The van der Waals surface area contributed by atoms with Gasteiger partial charge in [0.2, 0.25) is 0 Å². The quantitative estimate of drug-likeness (QED) is 0.681. The maximum Gasteiger partial charge on any atom is 0.137 e. The van der Waals surface area contributed by atoms with E-state index in [2.05, 4.69) is 38.8 Å². The molecule has 0 aromatic heterocycles. The van der Waals surface area contributed by atoms with Gasteiger partial charge < -0.3 is 4.74 Å². The second-order valence-corrected chi connectivity index (χ2v) is 6.45. The average Bonchev–Trinajstić information content (AvgIpc) is 2.32. The summed E-state index contributed by atoms with van der Waals surface area (Å²) in [5.41, 5.74) is 0.921. The van der Waals surface area contributed by atoms with Gasteiger partial charge in [0.15, 0.2) is 0 Å². The molecule has 1 saturated heterocycles. The second-order valence-electron chi connectivity index (χ2n) is 4.42. The van der Waals surface area contributed by atoms with Crippen LogP contribution in [0.4, 0.5) is 4.39 Å². The molecule has 3 atom stereocenters. The Morgan fingerprint density at radius 2 is 2.24 bits per heavy atom. The van der Waals surface area contributed by atoms with Crippen LogP contribution in [0.5, 0.6) is 0 Å². The third-order valence-corrected chi connectivity index (χ3v) is 5.07. The summed E-state index contributed by atoms with van der Waals surface area (Å²) in [4.78, 5) is 0.456. The van der Waals surface area contributed by atoms with E-state index in [0.29, 0.717) is 15.2 Å². The van der Waals surface area contributed by atoms with E-state index in [1.54, 1.807) is 12.1 Å². The lowest BCUT2D eigenvalue weighted by atomic mass is 9.93. The van der Waals surface area contributed by atoms with Crippen LogP contribution in [0, 0.1) is 11.7 Å². The highest BCUT2D eigenvalue weighted by Gasteiger charge is 2.29. The fourth-order valence-electron chi connectivity index (χ4n) is 2.13. The van der Waals surface area contributed by atoms with Gasteiger partial charge in [-0.3, -0.25) is 0 Å². The molecule has 0 N–H and O–H groups in total. The van der Waals surface area contributed by atoms with Gasteiger partial charge in [0.25, 0.3) is 0 Å². The number of alkyl halides is 1. The fraction of sp³-hybridized carbons (Fsp3) is 0.538. The zero-order valence-electron chi connectivity index (χ0n) is 9.63. The van der Waals surface area contributed by atoms with E-state index in [-0.39, 0.29) is 11.9 Å². The molecule has 1 aliphatic heterocycles. The molecule has 0 bridgehead atoms. The Labute approximate surface area is 118 Å². The summed E-state index contributed by atoms with van der Waals surface area (Å²) in [6, 6.07) is 5.22. The van der Waals surface area contributed by atoms with Crippen LogP contribution < -0.4 is 0 Å². The van der Waals surface area contributed by atoms with Crippen molar-refractivity contribution in [2.24, 2.45) is 5.92 Å². The molecule has 2 rings (SSSR count). The molecule has 0 radical (unpaired) electrons. The molecular weight excluding hydrogens is 351 g/mol. The summed E-state index contributed by atoms with van der Waals surface area (Å²) in [5, 5.41) is 0. The number of hydrogen-bond acceptors (Lipinski definition) is 1. The Morgan fingerprint density at radius 3 is 2.82 bits per heavy atom. The van der Waals surface area contributed by atoms with Crippen molar-refractivity contribution in [3.05, 3.63) is 34.1 Å². The van der Waals surface area contributed by atoms with Crippen molar-refractivity contribution < 1.29 is 9.13 Å². The molecule has 1 aromatic rings. The van der Waals surface area contributed by atoms with Crippen LogP contribution in [0.1, 0.15) is 31.4 Å². The van der Waals surface area contributed by atoms with Crippen molar-refractivity contribution >= 4 is 31.9 Å². The molecule has 0 amide bonds. The van der Waals surface area contributed by atoms with E-state index in [1.807, 2.05) is 6.07 Å². The number of halogens is 3. The van der Waals surface area contributed by atoms with Gasteiger partial charge >= 0.3 is 0 Å². The zero-order valence-corrected chi connectivity index (χ0v) is 12.8. The first kappa shape index (κ1) is 13.5. The largest absolute Gasteiger partial charge is 0.373 e. The molecule has 1 nitrogen and oxygen atoms in total. The fourth-order valence-corrected chi connectivity index (χ4v) is 3.24. The van der Waals surface area contributed by atoms with Crippen molar-refractivity contribution in [2.75, 3.05) is 6.61 Å². The minimum atomic E-state index is -0.227. The van der Waals surface area contributed by atoms with E-state index in [0.717, 1.165) is 25.0 Å². The van der Waals surface area contributed by atoms with Crippen molar-refractivity contribution in [1.29, 1.82) is 0 Å². The van der Waals surface area contributed by atoms with Crippen molar-refractivity contribution in [3.63, 3.8) is 0 Å². The van der Waals surface area contributed by atoms with Crippen molar-refractivity contribution in [3.8, 4) is 0 Å². The van der Waals surface area contributed by atoms with Gasteiger partial charge in [-0.15, -0.1) is 0 Å². The third kappa shape index (κ3) is 3.09. The maximum absolute atomic E-state index is 13.5. The van der Waals surface area contributed by atoms with Crippen LogP contribution in [-0.4, -0.2) is 11.4 Å². The van der Waals surface area contributed by atoms with E-state index >= 15 is 0 Å². The topological polar surface area (TPSA) is 9.23 Å². The molecule has 0 aliphatic carbocycles. The highest BCUT2D eigenvalue weighted by Crippen LogP contribution is 2.36. The Bertz CT molecular complexity index is 397. The predicted molar refractivity (Wildman–Crippen MR) is 73.9 cm³/mol. The third-order valence-electron chi connectivity index (χ3n) is 3.30. The minimum Gasteiger partial charge on any atom is -0.373 e. The van der Waals surface area contributed by atoms with Crippen LogP contribution in [-0.2, 0) is 4.74 Å². The highest BCUT2D eigenvalue weighted by molar-refractivity contribution is 9.10. The highest BCUT2D eigenvalue weighted by atomic mass is 79.9. The molecule has 1 aromatic carbocycles. The molecule has 1 fully saturated rings. The SMILES string of the molecule is CC[C@@H]1CO[C@H](c2ccc(Br)c(F)c2)C[C@H]1Br. The molecule has 1 aliphatic rings. The van der Waals surface area contributed by atoms with Gasteiger partial charge in [-0.25, -0.2) is 4.39 Å². The molecule has 94 valence electrons. The smallest absolute Gasteiger partial charge is 0.137 e. The Balaban J connectivity index is 2.11.